The summed E-state index contributed by atoms with van der Waals surface area (Å²) in [5, 5.41) is 14.5. The standard InChI is InChI=1S/C22H28N4O6/c1-30-18-15-17(19(26(28)29)21(32-3)20(18)31-2)22(27)23-9-10-24-11-13-25(14-12-24)16-7-5-4-6-8-16/h4-8,15H,9-14H2,1-3H3,(H,23,27). The number of amides is 1. The lowest BCUT2D eigenvalue weighted by Crippen LogP contribution is -2.48. The first kappa shape index (κ1) is 23.1. The number of ether oxygens (including phenoxy) is 3. The highest BCUT2D eigenvalue weighted by molar-refractivity contribution is 6.00. The number of methoxy groups -OCH3 is 3. The van der Waals surface area contributed by atoms with Crippen LogP contribution in [0, 0.1) is 10.1 Å². The Hall–Kier alpha value is -3.53. The topological polar surface area (TPSA) is 106 Å². The molecular formula is C22H28N4O6. The normalized spacial score (nSPS) is 14.0. The SMILES string of the molecule is COc1cc(C(=O)NCCN2CCN(c3ccccc3)CC2)c([N+](=O)[O-])c(OC)c1OC. The van der Waals surface area contributed by atoms with E-state index in [0.29, 0.717) is 13.1 Å². The number of nitrogens with one attached hydrogen (secondary N) is 1. The van der Waals surface area contributed by atoms with Crippen LogP contribution in [0.2, 0.25) is 0 Å². The lowest BCUT2D eigenvalue weighted by Gasteiger charge is -2.36. The third-order valence-corrected chi connectivity index (χ3v) is 5.44. The molecule has 2 aromatic carbocycles. The van der Waals surface area contributed by atoms with Gasteiger partial charge in [0.05, 0.1) is 26.3 Å². The molecule has 2 aromatic rings. The molecule has 3 rings (SSSR count). The number of carbonyl (C=O) groups is 1. The van der Waals surface area contributed by atoms with Crippen LogP contribution in [0.4, 0.5) is 11.4 Å². The molecule has 0 atom stereocenters. The maximum Gasteiger partial charge on any atom is 0.327 e. The van der Waals surface area contributed by atoms with Crippen molar-refractivity contribution in [3.05, 3.63) is 52.1 Å². The molecule has 0 aromatic heterocycles. The number of benzene rings is 2. The number of nitrogens with zero attached hydrogens (tertiary/aromatic N) is 3. The summed E-state index contributed by atoms with van der Waals surface area (Å²) in [6, 6.07) is 11.5. The van der Waals surface area contributed by atoms with Crippen molar-refractivity contribution in [3.8, 4) is 17.2 Å². The Morgan fingerprint density at radius 3 is 2.25 bits per heavy atom. The Labute approximate surface area is 186 Å². The summed E-state index contributed by atoms with van der Waals surface area (Å²) in [7, 11) is 4.02. The summed E-state index contributed by atoms with van der Waals surface area (Å²) >= 11 is 0. The predicted molar refractivity (Wildman–Crippen MR) is 120 cm³/mol. The zero-order valence-corrected chi connectivity index (χ0v) is 18.5. The maximum atomic E-state index is 12.8. The average Bonchev–Trinajstić information content (AvgIpc) is 2.83. The second-order valence-electron chi connectivity index (χ2n) is 7.22. The van der Waals surface area contributed by atoms with Crippen molar-refractivity contribution < 1.29 is 23.9 Å². The predicted octanol–water partition coefficient (Wildman–Crippen LogP) is 2.17. The molecule has 0 unspecified atom stereocenters. The van der Waals surface area contributed by atoms with Gasteiger partial charge in [-0.25, -0.2) is 0 Å². The number of anilines is 1. The molecule has 1 aliphatic heterocycles. The van der Waals surface area contributed by atoms with Gasteiger partial charge >= 0.3 is 5.69 Å². The number of rotatable bonds is 9. The first-order chi connectivity index (χ1) is 15.5. The van der Waals surface area contributed by atoms with Crippen LogP contribution in [0.1, 0.15) is 10.4 Å². The van der Waals surface area contributed by atoms with E-state index in [9.17, 15) is 14.9 Å². The van der Waals surface area contributed by atoms with E-state index >= 15 is 0 Å². The fourth-order valence-corrected chi connectivity index (χ4v) is 3.79. The highest BCUT2D eigenvalue weighted by Gasteiger charge is 2.32. The minimum atomic E-state index is -0.654. The van der Waals surface area contributed by atoms with Gasteiger partial charge in [0.1, 0.15) is 5.56 Å². The summed E-state index contributed by atoms with van der Waals surface area (Å²) < 4.78 is 15.6. The molecule has 1 N–H and O–H groups in total. The van der Waals surface area contributed by atoms with Crippen molar-refractivity contribution in [2.75, 3.05) is 65.5 Å². The van der Waals surface area contributed by atoms with Gasteiger partial charge in [0, 0.05) is 51.0 Å². The summed E-state index contributed by atoms with van der Waals surface area (Å²) in [4.78, 5) is 28.4. The quantitative estimate of drug-likeness (QED) is 0.463. The molecule has 0 radical (unpaired) electrons. The highest BCUT2D eigenvalue weighted by Crippen LogP contribution is 2.46. The van der Waals surface area contributed by atoms with Crippen LogP contribution in [0.25, 0.3) is 0 Å². The molecule has 32 heavy (non-hydrogen) atoms. The Morgan fingerprint density at radius 1 is 1.03 bits per heavy atom. The number of piperazine rings is 1. The zero-order valence-electron chi connectivity index (χ0n) is 18.5. The van der Waals surface area contributed by atoms with E-state index in [2.05, 4.69) is 27.2 Å². The molecule has 1 saturated heterocycles. The lowest BCUT2D eigenvalue weighted by molar-refractivity contribution is -0.386. The van der Waals surface area contributed by atoms with E-state index in [1.807, 2.05) is 18.2 Å². The monoisotopic (exact) mass is 444 g/mol. The van der Waals surface area contributed by atoms with E-state index in [1.54, 1.807) is 0 Å². The van der Waals surface area contributed by atoms with Gasteiger partial charge in [0.2, 0.25) is 11.5 Å². The van der Waals surface area contributed by atoms with Gasteiger partial charge in [-0.3, -0.25) is 19.8 Å². The average molecular weight is 444 g/mol. The van der Waals surface area contributed by atoms with Crippen LogP contribution in [-0.4, -0.2) is 76.3 Å². The van der Waals surface area contributed by atoms with Crippen molar-refractivity contribution in [1.82, 2.24) is 10.2 Å². The molecule has 1 amide bonds. The van der Waals surface area contributed by atoms with Crippen LogP contribution in [0.3, 0.4) is 0 Å². The second-order valence-corrected chi connectivity index (χ2v) is 7.22. The van der Waals surface area contributed by atoms with Crippen LogP contribution >= 0.6 is 0 Å². The summed E-state index contributed by atoms with van der Waals surface area (Å²) in [5.41, 5.74) is 0.604. The van der Waals surface area contributed by atoms with E-state index in [1.165, 1.54) is 33.1 Å². The van der Waals surface area contributed by atoms with Crippen molar-refractivity contribution in [3.63, 3.8) is 0 Å². The van der Waals surface area contributed by atoms with Gasteiger partial charge < -0.3 is 24.4 Å². The molecule has 10 heteroatoms. The largest absolute Gasteiger partial charge is 0.493 e. The van der Waals surface area contributed by atoms with Gasteiger partial charge in [-0.15, -0.1) is 0 Å². The fourth-order valence-electron chi connectivity index (χ4n) is 3.79. The Morgan fingerprint density at radius 2 is 1.69 bits per heavy atom. The molecule has 0 aliphatic carbocycles. The number of nitro benzene ring substituents is 1. The third kappa shape index (κ3) is 5.02. The van der Waals surface area contributed by atoms with Crippen LogP contribution in [0.15, 0.2) is 36.4 Å². The van der Waals surface area contributed by atoms with Crippen LogP contribution in [-0.2, 0) is 0 Å². The minimum absolute atomic E-state index is 0.0644. The molecule has 10 nitrogen and oxygen atoms in total. The number of hydrogen-bond donors (Lipinski definition) is 1. The molecule has 1 heterocycles. The molecule has 1 aliphatic rings. The molecular weight excluding hydrogens is 416 g/mol. The van der Waals surface area contributed by atoms with Gasteiger partial charge in [-0.05, 0) is 12.1 Å². The van der Waals surface area contributed by atoms with Gasteiger partial charge in [-0.1, -0.05) is 18.2 Å². The van der Waals surface area contributed by atoms with E-state index in [-0.39, 0.29) is 22.8 Å². The molecule has 172 valence electrons. The van der Waals surface area contributed by atoms with Crippen LogP contribution in [0.5, 0.6) is 17.2 Å². The smallest absolute Gasteiger partial charge is 0.327 e. The third-order valence-electron chi connectivity index (χ3n) is 5.44. The summed E-state index contributed by atoms with van der Waals surface area (Å²) in [6.07, 6.45) is 0. The number of hydrogen-bond acceptors (Lipinski definition) is 8. The first-order valence-corrected chi connectivity index (χ1v) is 10.3. The van der Waals surface area contributed by atoms with E-state index in [4.69, 9.17) is 14.2 Å². The number of carbonyl (C=O) groups excluding carboxylic acids is 1. The van der Waals surface area contributed by atoms with Gasteiger partial charge in [-0.2, -0.15) is 0 Å². The highest BCUT2D eigenvalue weighted by atomic mass is 16.6. The minimum Gasteiger partial charge on any atom is -0.493 e. The van der Waals surface area contributed by atoms with Gasteiger partial charge in [0.15, 0.2) is 5.75 Å². The number of nitro groups is 1. The van der Waals surface area contributed by atoms with Gasteiger partial charge in [0.25, 0.3) is 5.91 Å². The molecule has 0 spiro atoms. The molecule has 0 saturated carbocycles. The van der Waals surface area contributed by atoms with E-state index in [0.717, 1.165) is 26.2 Å². The van der Waals surface area contributed by atoms with Crippen LogP contribution < -0.4 is 24.4 Å². The van der Waals surface area contributed by atoms with Crippen molar-refractivity contribution in [2.24, 2.45) is 0 Å². The first-order valence-electron chi connectivity index (χ1n) is 10.3. The molecule has 0 bridgehead atoms. The lowest BCUT2D eigenvalue weighted by atomic mass is 10.1. The Kier molecular flexibility index (Phi) is 7.72. The molecule has 1 fully saturated rings. The maximum absolute atomic E-state index is 12.8. The van der Waals surface area contributed by atoms with Crippen molar-refractivity contribution in [1.29, 1.82) is 0 Å². The zero-order chi connectivity index (χ0) is 23.1. The Bertz CT molecular complexity index is 945. The summed E-state index contributed by atoms with van der Waals surface area (Å²) in [5.74, 6) is -0.482. The fraction of sp³-hybridized carbons (Fsp3) is 0.409. The van der Waals surface area contributed by atoms with Crippen molar-refractivity contribution in [2.45, 2.75) is 0 Å². The van der Waals surface area contributed by atoms with Crippen molar-refractivity contribution >= 4 is 17.3 Å². The Balaban J connectivity index is 1.62. The van der Waals surface area contributed by atoms with E-state index < -0.39 is 16.5 Å². The second kappa shape index (κ2) is 10.7. The summed E-state index contributed by atoms with van der Waals surface area (Å²) in [6.45, 7) is 4.54. The number of para-hydroxylation sites is 1.